The van der Waals surface area contributed by atoms with Crippen molar-refractivity contribution in [2.45, 2.75) is 6.54 Å². The number of aliphatic imine (C=N–C) groups is 2. The highest BCUT2D eigenvalue weighted by Crippen LogP contribution is 2.26. The van der Waals surface area contributed by atoms with Gasteiger partial charge in [0.2, 0.25) is 0 Å². The maximum absolute atomic E-state index is 13.3. The Morgan fingerprint density at radius 1 is 1.21 bits per heavy atom. The summed E-state index contributed by atoms with van der Waals surface area (Å²) in [6, 6.07) is 12.0. The lowest BCUT2D eigenvalue weighted by Crippen LogP contribution is -1.92. The van der Waals surface area contributed by atoms with Gasteiger partial charge in [0.25, 0.3) is 0 Å². The predicted octanol–water partition coefficient (Wildman–Crippen LogP) is 4.37. The van der Waals surface area contributed by atoms with Crippen LogP contribution < -0.4 is 9.47 Å². The summed E-state index contributed by atoms with van der Waals surface area (Å²) in [4.78, 5) is 7.97. The number of nitrogens with zero attached hydrogens (tertiary/aromatic N) is 3. The maximum Gasteiger partial charge on any atom is 0.143 e. The van der Waals surface area contributed by atoms with E-state index in [9.17, 15) is 4.39 Å². The van der Waals surface area contributed by atoms with Crippen LogP contribution in [0.15, 0.2) is 40.3 Å². The van der Waals surface area contributed by atoms with Gasteiger partial charge in [0.15, 0.2) is 0 Å². The van der Waals surface area contributed by atoms with Gasteiger partial charge in [-0.3, -0.25) is 0 Å². The molecule has 2 aromatic rings. The molecule has 0 spiro atoms. The fourth-order valence-electron chi connectivity index (χ4n) is 1.91. The summed E-state index contributed by atoms with van der Waals surface area (Å²) < 4.78 is 23.7. The Morgan fingerprint density at radius 2 is 2.00 bits per heavy atom. The van der Waals surface area contributed by atoms with Gasteiger partial charge >= 0.3 is 0 Å². The summed E-state index contributed by atoms with van der Waals surface area (Å²) in [6.07, 6.45) is 0. The van der Waals surface area contributed by atoms with Crippen molar-refractivity contribution in [1.82, 2.24) is 0 Å². The van der Waals surface area contributed by atoms with E-state index in [1.54, 1.807) is 26.4 Å². The van der Waals surface area contributed by atoms with Crippen molar-refractivity contribution in [2.75, 3.05) is 14.2 Å². The first kappa shape index (κ1) is 17.5. The molecule has 24 heavy (non-hydrogen) atoms. The van der Waals surface area contributed by atoms with Crippen LogP contribution >= 0.6 is 11.6 Å². The van der Waals surface area contributed by atoms with Crippen LogP contribution in [-0.4, -0.2) is 20.2 Å². The molecule has 0 saturated heterocycles. The summed E-state index contributed by atoms with van der Waals surface area (Å²) in [7, 11) is 3.12. The molecule has 0 radical (unpaired) electrons. The third-order valence-electron chi connectivity index (χ3n) is 3.14. The molecule has 0 aliphatic rings. The largest absolute Gasteiger partial charge is 0.497 e. The van der Waals surface area contributed by atoms with Crippen LogP contribution in [0.4, 0.5) is 10.1 Å². The molecule has 0 unspecified atom stereocenters. The van der Waals surface area contributed by atoms with Crippen molar-refractivity contribution in [2.24, 2.45) is 9.98 Å². The van der Waals surface area contributed by atoms with E-state index < -0.39 is 5.82 Å². The maximum atomic E-state index is 13.3. The molecule has 7 heteroatoms. The summed E-state index contributed by atoms with van der Waals surface area (Å²) in [6.45, 7) is 0.271. The predicted molar refractivity (Wildman–Crippen MR) is 88.9 cm³/mol. The molecule has 0 N–H and O–H groups in total. The fraction of sp³-hybridized carbons (Fsp3) is 0.176. The average molecular weight is 346 g/mol. The molecule has 0 amide bonds. The number of hydrogen-bond acceptors (Lipinski definition) is 5. The molecule has 0 heterocycles. The lowest BCUT2D eigenvalue weighted by Gasteiger charge is -2.07. The molecule has 0 fully saturated rings. The second kappa shape index (κ2) is 8.11. The van der Waals surface area contributed by atoms with E-state index in [0.29, 0.717) is 11.5 Å². The highest BCUT2D eigenvalue weighted by molar-refractivity contribution is 6.31. The van der Waals surface area contributed by atoms with Crippen molar-refractivity contribution in [3.05, 3.63) is 52.3 Å². The van der Waals surface area contributed by atoms with Crippen LogP contribution in [0.5, 0.6) is 11.5 Å². The Hall–Kier alpha value is -2.87. The van der Waals surface area contributed by atoms with Gasteiger partial charge in [-0.05, 0) is 24.3 Å². The topological polar surface area (TPSA) is 67.0 Å². The molecule has 0 aromatic heterocycles. The Labute approximate surface area is 143 Å². The minimum absolute atomic E-state index is 0.0571. The third kappa shape index (κ3) is 4.11. The lowest BCUT2D eigenvalue weighted by atomic mass is 10.2. The zero-order valence-electron chi connectivity index (χ0n) is 13.0. The van der Waals surface area contributed by atoms with E-state index in [0.717, 1.165) is 11.6 Å². The number of rotatable bonds is 5. The van der Waals surface area contributed by atoms with Gasteiger partial charge in [0, 0.05) is 11.6 Å². The number of ether oxygens (including phenoxy) is 2. The van der Waals surface area contributed by atoms with E-state index >= 15 is 0 Å². The van der Waals surface area contributed by atoms with Gasteiger partial charge in [-0.2, -0.15) is 10.3 Å². The van der Waals surface area contributed by atoms with E-state index in [4.69, 9.17) is 26.3 Å². The standard InChI is InChI=1S/C17H13ClFN3O2/c1-23-13-4-3-11(17(6-13)24-2)9-21-10-22-16-7-14(18)15(19)5-12(16)8-20/h3-7H,9H2,1-2H3. The third-order valence-corrected chi connectivity index (χ3v) is 3.43. The highest BCUT2D eigenvalue weighted by atomic mass is 35.5. The molecule has 0 aliphatic heterocycles. The van der Waals surface area contributed by atoms with Gasteiger partial charge < -0.3 is 9.47 Å². The molecular formula is C17H13ClFN3O2. The molecule has 0 saturated carbocycles. The number of benzene rings is 2. The van der Waals surface area contributed by atoms with Gasteiger partial charge in [0.1, 0.15) is 23.4 Å². The minimum atomic E-state index is -0.674. The molecule has 122 valence electrons. The number of hydrogen-bond donors (Lipinski definition) is 0. The van der Waals surface area contributed by atoms with Crippen molar-refractivity contribution < 1.29 is 13.9 Å². The molecule has 5 nitrogen and oxygen atoms in total. The summed E-state index contributed by atoms with van der Waals surface area (Å²) in [5.74, 6) is 0.627. The molecule has 0 bridgehead atoms. The highest BCUT2D eigenvalue weighted by Gasteiger charge is 2.07. The Morgan fingerprint density at radius 3 is 2.67 bits per heavy atom. The second-order valence-electron chi connectivity index (χ2n) is 4.60. The van der Waals surface area contributed by atoms with E-state index in [2.05, 4.69) is 16.0 Å². The molecule has 0 aliphatic carbocycles. The van der Waals surface area contributed by atoms with Crippen molar-refractivity contribution in [3.8, 4) is 17.6 Å². The Kier molecular flexibility index (Phi) is 5.91. The van der Waals surface area contributed by atoms with Gasteiger partial charge in [-0.25, -0.2) is 9.38 Å². The van der Waals surface area contributed by atoms with Crippen LogP contribution in [-0.2, 0) is 6.54 Å². The molecule has 2 aromatic carbocycles. The van der Waals surface area contributed by atoms with Gasteiger partial charge in [-0.15, -0.1) is 0 Å². The first-order valence-electron chi connectivity index (χ1n) is 6.81. The lowest BCUT2D eigenvalue weighted by molar-refractivity contribution is 0.391. The normalized spacial score (nSPS) is 9.62. The fourth-order valence-corrected chi connectivity index (χ4v) is 2.07. The number of methoxy groups -OCH3 is 2. The van der Waals surface area contributed by atoms with Crippen LogP contribution in [0.25, 0.3) is 0 Å². The molecule has 0 atom stereocenters. The Balaban J connectivity index is 2.22. The first-order chi connectivity index (χ1) is 11.6. The van der Waals surface area contributed by atoms with Crippen molar-refractivity contribution in [1.29, 1.82) is 5.26 Å². The second-order valence-corrected chi connectivity index (χ2v) is 5.01. The smallest absolute Gasteiger partial charge is 0.143 e. The van der Waals surface area contributed by atoms with Crippen LogP contribution in [0.2, 0.25) is 5.02 Å². The Bertz CT molecular complexity index is 856. The average Bonchev–Trinajstić information content (AvgIpc) is 2.61. The van der Waals surface area contributed by atoms with Gasteiger partial charge in [0.05, 0.1) is 43.0 Å². The molecular weight excluding hydrogens is 333 g/mol. The monoisotopic (exact) mass is 345 g/mol. The van der Waals surface area contributed by atoms with E-state index in [1.165, 1.54) is 6.07 Å². The van der Waals surface area contributed by atoms with Crippen molar-refractivity contribution in [3.63, 3.8) is 0 Å². The number of halogens is 2. The SMILES string of the molecule is COc1ccc(CN=C=Nc2cc(Cl)c(F)cc2C#N)c(OC)c1. The summed E-state index contributed by atoms with van der Waals surface area (Å²) in [5.41, 5.74) is 1.08. The first-order valence-corrected chi connectivity index (χ1v) is 7.19. The quantitative estimate of drug-likeness (QED) is 0.755. The number of nitriles is 1. The zero-order chi connectivity index (χ0) is 17.5. The van der Waals surface area contributed by atoms with E-state index in [1.807, 2.05) is 12.1 Å². The van der Waals surface area contributed by atoms with Crippen LogP contribution in [0, 0.1) is 17.1 Å². The van der Waals surface area contributed by atoms with E-state index in [-0.39, 0.29) is 22.8 Å². The van der Waals surface area contributed by atoms with Crippen LogP contribution in [0.1, 0.15) is 11.1 Å². The summed E-state index contributed by atoms with van der Waals surface area (Å²) in [5, 5.41) is 8.86. The van der Waals surface area contributed by atoms with Crippen molar-refractivity contribution >= 4 is 23.3 Å². The minimum Gasteiger partial charge on any atom is -0.497 e. The molecule has 2 rings (SSSR count). The summed E-state index contributed by atoms with van der Waals surface area (Å²) >= 11 is 5.69. The zero-order valence-corrected chi connectivity index (χ0v) is 13.8. The van der Waals surface area contributed by atoms with Gasteiger partial charge in [-0.1, -0.05) is 11.6 Å². The van der Waals surface area contributed by atoms with Crippen LogP contribution in [0.3, 0.4) is 0 Å².